The standard InChI is InChI=1S/C17H24N4O3/c1-18-15(22)17(7-8-17)16(23)21-10-6-12(11-21)24-13-5-4-9-19-14(13)20(2)3/h4-5,9,12H,6-8,10-11H2,1-3H3,(H,18,22)/t12-/m0/s1. The van der Waals surface area contributed by atoms with Crippen LogP contribution >= 0.6 is 0 Å². The molecule has 1 saturated heterocycles. The molecule has 7 nitrogen and oxygen atoms in total. The van der Waals surface area contributed by atoms with Crippen molar-refractivity contribution < 1.29 is 14.3 Å². The van der Waals surface area contributed by atoms with E-state index in [-0.39, 0.29) is 17.9 Å². The van der Waals surface area contributed by atoms with Crippen LogP contribution in [0.15, 0.2) is 18.3 Å². The highest BCUT2D eigenvalue weighted by Crippen LogP contribution is 2.48. The van der Waals surface area contributed by atoms with Crippen molar-refractivity contribution in [2.24, 2.45) is 5.41 Å². The van der Waals surface area contributed by atoms with E-state index in [1.54, 1.807) is 18.1 Å². The minimum atomic E-state index is -0.827. The van der Waals surface area contributed by atoms with Crippen LogP contribution in [0.1, 0.15) is 19.3 Å². The second kappa shape index (κ2) is 6.30. The van der Waals surface area contributed by atoms with Crippen LogP contribution in [0.5, 0.6) is 5.75 Å². The van der Waals surface area contributed by atoms with E-state index >= 15 is 0 Å². The molecule has 0 bridgehead atoms. The highest BCUT2D eigenvalue weighted by Gasteiger charge is 2.58. The Morgan fingerprint density at radius 1 is 1.42 bits per heavy atom. The lowest BCUT2D eigenvalue weighted by Crippen LogP contribution is -2.44. The van der Waals surface area contributed by atoms with Gasteiger partial charge in [0.2, 0.25) is 11.8 Å². The van der Waals surface area contributed by atoms with Gasteiger partial charge in [0.05, 0.1) is 6.54 Å². The van der Waals surface area contributed by atoms with E-state index in [1.807, 2.05) is 31.1 Å². The number of amides is 2. The molecule has 1 aliphatic heterocycles. The monoisotopic (exact) mass is 332 g/mol. The van der Waals surface area contributed by atoms with E-state index in [1.165, 1.54) is 0 Å². The van der Waals surface area contributed by atoms with Gasteiger partial charge in [-0.1, -0.05) is 0 Å². The number of carbonyl (C=O) groups is 2. The second-order valence-electron chi connectivity index (χ2n) is 6.66. The van der Waals surface area contributed by atoms with Crippen molar-refractivity contribution in [1.29, 1.82) is 0 Å². The van der Waals surface area contributed by atoms with Gasteiger partial charge >= 0.3 is 0 Å². The molecule has 1 aromatic rings. The maximum absolute atomic E-state index is 12.7. The number of rotatable bonds is 5. The first kappa shape index (κ1) is 16.5. The second-order valence-corrected chi connectivity index (χ2v) is 6.66. The third-order valence-electron chi connectivity index (χ3n) is 4.72. The van der Waals surface area contributed by atoms with Crippen molar-refractivity contribution in [3.8, 4) is 5.75 Å². The molecule has 1 aliphatic carbocycles. The third kappa shape index (κ3) is 2.90. The Hall–Kier alpha value is -2.31. The molecule has 130 valence electrons. The molecule has 3 rings (SSSR count). The Labute approximate surface area is 142 Å². The largest absolute Gasteiger partial charge is 0.485 e. The highest BCUT2D eigenvalue weighted by molar-refractivity contribution is 6.07. The van der Waals surface area contributed by atoms with Gasteiger partial charge in [-0.15, -0.1) is 0 Å². The third-order valence-corrected chi connectivity index (χ3v) is 4.72. The molecular weight excluding hydrogens is 308 g/mol. The van der Waals surface area contributed by atoms with Crippen molar-refractivity contribution in [2.75, 3.05) is 39.1 Å². The Balaban J connectivity index is 1.64. The fourth-order valence-corrected chi connectivity index (χ4v) is 3.20. The van der Waals surface area contributed by atoms with Crippen molar-refractivity contribution in [3.63, 3.8) is 0 Å². The lowest BCUT2D eigenvalue weighted by atomic mass is 10.0. The van der Waals surface area contributed by atoms with Crippen molar-refractivity contribution in [3.05, 3.63) is 18.3 Å². The summed E-state index contributed by atoms with van der Waals surface area (Å²) in [6.07, 6.45) is 3.70. The predicted molar refractivity (Wildman–Crippen MR) is 89.9 cm³/mol. The number of nitrogens with zero attached hydrogens (tertiary/aromatic N) is 3. The number of carbonyl (C=O) groups excluding carboxylic acids is 2. The average Bonchev–Trinajstić information content (AvgIpc) is 3.27. The summed E-state index contributed by atoms with van der Waals surface area (Å²) in [7, 11) is 5.41. The molecule has 2 heterocycles. The number of anilines is 1. The average molecular weight is 332 g/mol. The van der Waals surface area contributed by atoms with E-state index in [0.717, 1.165) is 12.2 Å². The molecule has 0 spiro atoms. The summed E-state index contributed by atoms with van der Waals surface area (Å²) in [5, 5.41) is 2.61. The van der Waals surface area contributed by atoms with Crippen LogP contribution in [0.3, 0.4) is 0 Å². The molecule has 7 heteroatoms. The summed E-state index contributed by atoms with van der Waals surface area (Å²) in [5.74, 6) is 1.26. The van der Waals surface area contributed by atoms with Gasteiger partial charge in [-0.25, -0.2) is 4.98 Å². The number of nitrogens with one attached hydrogen (secondary N) is 1. The van der Waals surface area contributed by atoms with Gasteiger partial charge in [-0.3, -0.25) is 9.59 Å². The molecule has 2 aliphatic rings. The zero-order valence-electron chi connectivity index (χ0n) is 14.4. The topological polar surface area (TPSA) is 74.8 Å². The summed E-state index contributed by atoms with van der Waals surface area (Å²) >= 11 is 0. The van der Waals surface area contributed by atoms with E-state index in [9.17, 15) is 9.59 Å². The number of ether oxygens (including phenoxy) is 1. The summed E-state index contributed by atoms with van der Waals surface area (Å²) in [6.45, 7) is 1.14. The Morgan fingerprint density at radius 2 is 2.17 bits per heavy atom. The van der Waals surface area contributed by atoms with E-state index < -0.39 is 5.41 Å². The van der Waals surface area contributed by atoms with Crippen LogP contribution in [0.2, 0.25) is 0 Å². The summed E-state index contributed by atoms with van der Waals surface area (Å²) in [6, 6.07) is 3.73. The smallest absolute Gasteiger partial charge is 0.238 e. The molecule has 0 radical (unpaired) electrons. The summed E-state index contributed by atoms with van der Waals surface area (Å²) < 4.78 is 6.07. The van der Waals surface area contributed by atoms with Gasteiger partial charge < -0.3 is 19.9 Å². The molecule has 1 atom stereocenters. The molecular formula is C17H24N4O3. The highest BCUT2D eigenvalue weighted by atomic mass is 16.5. The molecule has 0 unspecified atom stereocenters. The maximum atomic E-state index is 12.7. The molecule has 1 aromatic heterocycles. The number of pyridine rings is 1. The fraction of sp³-hybridized carbons (Fsp3) is 0.588. The Kier molecular flexibility index (Phi) is 4.34. The molecule has 24 heavy (non-hydrogen) atoms. The predicted octanol–water partition coefficient (Wildman–Crippen LogP) is 0.653. The van der Waals surface area contributed by atoms with E-state index in [4.69, 9.17) is 4.74 Å². The van der Waals surface area contributed by atoms with Gasteiger partial charge in [0, 0.05) is 40.3 Å². The lowest BCUT2D eigenvalue weighted by molar-refractivity contribution is -0.143. The van der Waals surface area contributed by atoms with Gasteiger partial charge in [0.15, 0.2) is 11.6 Å². The van der Waals surface area contributed by atoms with Crippen LogP contribution in [0, 0.1) is 5.41 Å². The first-order chi connectivity index (χ1) is 11.5. The van der Waals surface area contributed by atoms with Crippen LogP contribution in [-0.2, 0) is 9.59 Å². The quantitative estimate of drug-likeness (QED) is 0.802. The van der Waals surface area contributed by atoms with Gasteiger partial charge in [-0.05, 0) is 25.0 Å². The van der Waals surface area contributed by atoms with Gasteiger partial charge in [-0.2, -0.15) is 0 Å². The SMILES string of the molecule is CNC(=O)C1(C(=O)N2CC[C@H](Oc3cccnc3N(C)C)C2)CC1. The van der Waals surface area contributed by atoms with Crippen molar-refractivity contribution >= 4 is 17.6 Å². The fourth-order valence-electron chi connectivity index (χ4n) is 3.20. The minimum Gasteiger partial charge on any atom is -0.485 e. The first-order valence-electron chi connectivity index (χ1n) is 8.28. The van der Waals surface area contributed by atoms with Gasteiger partial charge in [0.25, 0.3) is 0 Å². The zero-order chi connectivity index (χ0) is 17.3. The lowest BCUT2D eigenvalue weighted by Gasteiger charge is -2.23. The number of aromatic nitrogens is 1. The van der Waals surface area contributed by atoms with Crippen LogP contribution in [0.4, 0.5) is 5.82 Å². The Morgan fingerprint density at radius 3 is 2.79 bits per heavy atom. The molecule has 2 fully saturated rings. The van der Waals surface area contributed by atoms with Crippen LogP contribution in [-0.4, -0.2) is 62.0 Å². The Bertz CT molecular complexity index is 642. The number of hydrogen-bond acceptors (Lipinski definition) is 5. The van der Waals surface area contributed by atoms with Crippen molar-refractivity contribution in [1.82, 2.24) is 15.2 Å². The summed E-state index contributed by atoms with van der Waals surface area (Å²) in [4.78, 5) is 32.7. The van der Waals surface area contributed by atoms with Crippen LogP contribution < -0.4 is 15.0 Å². The number of likely N-dealkylation sites (tertiary alicyclic amines) is 1. The maximum Gasteiger partial charge on any atom is 0.238 e. The zero-order valence-corrected chi connectivity index (χ0v) is 14.4. The molecule has 1 saturated carbocycles. The van der Waals surface area contributed by atoms with E-state index in [2.05, 4.69) is 10.3 Å². The first-order valence-corrected chi connectivity index (χ1v) is 8.28. The van der Waals surface area contributed by atoms with Crippen molar-refractivity contribution in [2.45, 2.75) is 25.4 Å². The van der Waals surface area contributed by atoms with E-state index in [0.29, 0.717) is 31.7 Å². The van der Waals surface area contributed by atoms with Crippen LogP contribution in [0.25, 0.3) is 0 Å². The minimum absolute atomic E-state index is 0.0630. The normalized spacial score (nSPS) is 21.3. The number of hydrogen-bond donors (Lipinski definition) is 1. The molecule has 0 aromatic carbocycles. The van der Waals surface area contributed by atoms with Gasteiger partial charge in [0.1, 0.15) is 11.5 Å². The summed E-state index contributed by atoms with van der Waals surface area (Å²) in [5.41, 5.74) is -0.827. The molecule has 2 amide bonds. The molecule has 1 N–H and O–H groups in total.